The van der Waals surface area contributed by atoms with Gasteiger partial charge in [0, 0.05) is 30.4 Å². The minimum atomic E-state index is -0.0486. The molecule has 6 nitrogen and oxygen atoms in total. The number of hydrogen-bond donors (Lipinski definition) is 1. The van der Waals surface area contributed by atoms with Crippen LogP contribution in [-0.2, 0) is 4.79 Å². The number of benzene rings is 2. The Morgan fingerprint density at radius 1 is 1.06 bits per heavy atom. The van der Waals surface area contributed by atoms with Crippen molar-refractivity contribution in [2.75, 3.05) is 10.2 Å². The second-order valence-electron chi connectivity index (χ2n) is 8.12. The van der Waals surface area contributed by atoms with Crippen molar-refractivity contribution in [3.63, 3.8) is 0 Å². The van der Waals surface area contributed by atoms with E-state index in [2.05, 4.69) is 22.4 Å². The predicted molar refractivity (Wildman–Crippen MR) is 124 cm³/mol. The maximum absolute atomic E-state index is 12.4. The van der Waals surface area contributed by atoms with E-state index in [0.717, 1.165) is 28.8 Å². The number of anilines is 2. The summed E-state index contributed by atoms with van der Waals surface area (Å²) in [5.41, 5.74) is 5.09. The van der Waals surface area contributed by atoms with Crippen molar-refractivity contribution in [1.29, 1.82) is 5.26 Å². The Hall–Kier alpha value is -3.98. The zero-order chi connectivity index (χ0) is 22.8. The fraction of sp³-hybridized carbons (Fsp3) is 0.231. The van der Waals surface area contributed by atoms with Gasteiger partial charge in [-0.1, -0.05) is 30.3 Å². The first-order valence-corrected chi connectivity index (χ1v) is 10.5. The fourth-order valence-electron chi connectivity index (χ4n) is 4.28. The van der Waals surface area contributed by atoms with Gasteiger partial charge in [-0.25, -0.2) is 4.98 Å². The van der Waals surface area contributed by atoms with E-state index < -0.39 is 0 Å². The lowest BCUT2D eigenvalue weighted by Gasteiger charge is -2.39. The summed E-state index contributed by atoms with van der Waals surface area (Å²) < 4.78 is 0. The second-order valence-corrected chi connectivity index (χ2v) is 8.12. The molecule has 2 heterocycles. The Labute approximate surface area is 187 Å². The molecule has 1 amide bonds. The zero-order valence-electron chi connectivity index (χ0n) is 18.3. The van der Waals surface area contributed by atoms with E-state index in [1.807, 2.05) is 48.2 Å². The zero-order valence-corrected chi connectivity index (χ0v) is 18.3. The van der Waals surface area contributed by atoms with Gasteiger partial charge in [-0.2, -0.15) is 5.26 Å². The summed E-state index contributed by atoms with van der Waals surface area (Å²) in [4.78, 5) is 30.2. The lowest BCUT2D eigenvalue weighted by Crippen LogP contribution is -2.43. The smallest absolute Gasteiger partial charge is 0.224 e. The van der Waals surface area contributed by atoms with Gasteiger partial charge in [-0.15, -0.1) is 0 Å². The molecular weight excluding hydrogens is 400 g/mol. The Balaban J connectivity index is 1.74. The molecule has 0 spiro atoms. The first-order chi connectivity index (χ1) is 15.4. The number of pyridine rings is 1. The van der Waals surface area contributed by atoms with E-state index >= 15 is 0 Å². The third-order valence-electron chi connectivity index (χ3n) is 5.86. The molecule has 160 valence electrons. The quantitative estimate of drug-likeness (QED) is 0.588. The first-order valence-electron chi connectivity index (χ1n) is 10.5. The van der Waals surface area contributed by atoms with Gasteiger partial charge in [-0.3, -0.25) is 9.59 Å². The minimum absolute atomic E-state index is 0.00672. The number of ketones is 1. The molecule has 2 aromatic carbocycles. The Bertz CT molecular complexity index is 1210. The van der Waals surface area contributed by atoms with Crippen molar-refractivity contribution < 1.29 is 9.59 Å². The fourth-order valence-corrected chi connectivity index (χ4v) is 4.28. The molecule has 0 aliphatic carbocycles. The molecule has 4 rings (SSSR count). The molecule has 0 saturated heterocycles. The number of amides is 1. The minimum Gasteiger partial charge on any atom is -0.363 e. The van der Waals surface area contributed by atoms with Crippen molar-refractivity contribution in [3.05, 3.63) is 77.5 Å². The molecule has 1 N–H and O–H groups in total. The highest BCUT2D eigenvalue weighted by molar-refractivity contribution is 5.95. The van der Waals surface area contributed by atoms with Crippen LogP contribution in [0.2, 0.25) is 0 Å². The number of nitrogens with zero attached hydrogens (tertiary/aromatic N) is 3. The third kappa shape index (κ3) is 4.10. The summed E-state index contributed by atoms with van der Waals surface area (Å²) in [7, 11) is 0. The van der Waals surface area contributed by atoms with Gasteiger partial charge in [0.05, 0.1) is 11.6 Å². The Morgan fingerprint density at radius 2 is 1.78 bits per heavy atom. The number of carbonyl (C=O) groups excluding carboxylic acids is 2. The van der Waals surface area contributed by atoms with Gasteiger partial charge in [0.25, 0.3) is 0 Å². The number of nitrogens with one attached hydrogen (secondary N) is 1. The number of nitriles is 1. The summed E-state index contributed by atoms with van der Waals surface area (Å²) >= 11 is 0. The van der Waals surface area contributed by atoms with E-state index in [1.165, 1.54) is 0 Å². The van der Waals surface area contributed by atoms with Crippen LogP contribution in [0.1, 0.15) is 54.7 Å². The number of Topliss-reactive ketones (excluding diaryl/α,β-unsaturated/α-hetero) is 1. The third-order valence-corrected chi connectivity index (χ3v) is 5.86. The van der Waals surface area contributed by atoms with Crippen molar-refractivity contribution in [2.45, 2.75) is 39.3 Å². The maximum Gasteiger partial charge on any atom is 0.224 e. The standard InChI is InChI=1S/C26H24N4O2/c1-16-12-24(29-26-11-4-19(14-27)15-28-26)23-13-22(9-10-25(23)30(16)18(3)32)21-7-5-20(6-8-21)17(2)31/h4-11,13,15-16,24H,12H2,1-3H3,(H,28,29)/t16-,24+/m0/s1. The van der Waals surface area contributed by atoms with Crippen LogP contribution in [0.25, 0.3) is 11.1 Å². The lowest BCUT2D eigenvalue weighted by molar-refractivity contribution is -0.117. The van der Waals surface area contributed by atoms with E-state index in [1.54, 1.807) is 32.2 Å². The summed E-state index contributed by atoms with van der Waals surface area (Å²) in [6.45, 7) is 5.18. The molecule has 3 aromatic rings. The molecule has 0 fully saturated rings. The Morgan fingerprint density at radius 3 is 2.38 bits per heavy atom. The summed E-state index contributed by atoms with van der Waals surface area (Å²) in [6.07, 6.45) is 2.27. The van der Waals surface area contributed by atoms with E-state index in [-0.39, 0.29) is 23.8 Å². The van der Waals surface area contributed by atoms with Crippen LogP contribution < -0.4 is 10.2 Å². The molecule has 32 heavy (non-hydrogen) atoms. The van der Waals surface area contributed by atoms with Crippen molar-refractivity contribution in [1.82, 2.24) is 4.98 Å². The lowest BCUT2D eigenvalue weighted by atomic mass is 9.89. The molecular formula is C26H24N4O2. The molecule has 1 aliphatic heterocycles. The van der Waals surface area contributed by atoms with Crippen LogP contribution in [0, 0.1) is 11.3 Å². The molecule has 0 radical (unpaired) electrons. The van der Waals surface area contributed by atoms with Crippen LogP contribution >= 0.6 is 0 Å². The SMILES string of the molecule is CC(=O)c1ccc(-c2ccc3c(c2)[C@H](Nc2ccc(C#N)cn2)C[C@H](C)N3C(C)=O)cc1. The second kappa shape index (κ2) is 8.64. The number of hydrogen-bond acceptors (Lipinski definition) is 5. The molecule has 6 heteroatoms. The highest BCUT2D eigenvalue weighted by Crippen LogP contribution is 2.41. The summed E-state index contributed by atoms with van der Waals surface area (Å²) in [6, 6.07) is 19.2. The number of fused-ring (bicyclic) bond motifs is 1. The topological polar surface area (TPSA) is 86.1 Å². The number of carbonyl (C=O) groups is 2. The van der Waals surface area contributed by atoms with E-state index in [9.17, 15) is 9.59 Å². The molecule has 1 aliphatic rings. The normalized spacial score (nSPS) is 17.2. The van der Waals surface area contributed by atoms with Gasteiger partial charge in [0.2, 0.25) is 5.91 Å². The van der Waals surface area contributed by atoms with Crippen molar-refractivity contribution >= 4 is 23.2 Å². The molecule has 0 bridgehead atoms. The van der Waals surface area contributed by atoms with Gasteiger partial charge < -0.3 is 10.2 Å². The van der Waals surface area contributed by atoms with E-state index in [4.69, 9.17) is 5.26 Å². The number of rotatable bonds is 4. The monoisotopic (exact) mass is 424 g/mol. The maximum atomic E-state index is 12.4. The number of aromatic nitrogens is 1. The van der Waals surface area contributed by atoms with Crippen LogP contribution in [-0.4, -0.2) is 22.7 Å². The average Bonchev–Trinajstić information content (AvgIpc) is 2.79. The van der Waals surface area contributed by atoms with Crippen molar-refractivity contribution in [3.8, 4) is 17.2 Å². The molecule has 1 aromatic heterocycles. The molecule has 0 unspecified atom stereocenters. The predicted octanol–water partition coefficient (Wildman–Crippen LogP) is 5.12. The average molecular weight is 425 g/mol. The molecule has 2 atom stereocenters. The van der Waals surface area contributed by atoms with Gasteiger partial charge in [-0.05, 0) is 61.2 Å². The first kappa shape index (κ1) is 21.3. The van der Waals surface area contributed by atoms with Crippen LogP contribution in [0.3, 0.4) is 0 Å². The van der Waals surface area contributed by atoms with Gasteiger partial charge in [0.15, 0.2) is 5.78 Å². The Kier molecular flexibility index (Phi) is 5.74. The highest BCUT2D eigenvalue weighted by Gasteiger charge is 2.32. The van der Waals surface area contributed by atoms with Crippen LogP contribution in [0.15, 0.2) is 60.8 Å². The van der Waals surface area contributed by atoms with Gasteiger partial charge >= 0.3 is 0 Å². The largest absolute Gasteiger partial charge is 0.363 e. The summed E-state index contributed by atoms with van der Waals surface area (Å²) in [5, 5.41) is 12.5. The van der Waals surface area contributed by atoms with Crippen LogP contribution in [0.5, 0.6) is 0 Å². The van der Waals surface area contributed by atoms with E-state index in [0.29, 0.717) is 16.9 Å². The van der Waals surface area contributed by atoms with Crippen molar-refractivity contribution in [2.24, 2.45) is 0 Å². The summed E-state index contributed by atoms with van der Waals surface area (Å²) in [5.74, 6) is 0.721. The van der Waals surface area contributed by atoms with Crippen LogP contribution in [0.4, 0.5) is 11.5 Å². The van der Waals surface area contributed by atoms with Gasteiger partial charge in [0.1, 0.15) is 11.9 Å². The molecule has 0 saturated carbocycles. The highest BCUT2D eigenvalue weighted by atomic mass is 16.2.